The maximum Gasteiger partial charge on any atom is 0.325 e. The van der Waals surface area contributed by atoms with Crippen molar-refractivity contribution in [2.45, 2.75) is 26.8 Å². The summed E-state index contributed by atoms with van der Waals surface area (Å²) in [6.45, 7) is 5.15. The van der Waals surface area contributed by atoms with Crippen molar-refractivity contribution in [2.24, 2.45) is 5.73 Å². The van der Waals surface area contributed by atoms with Gasteiger partial charge in [0.1, 0.15) is 17.5 Å². The standard InChI is InChI=1S/C27H32N6O5S/c1-6-38-20(34)14-30-26(36)23(17-10-12-18(13-11-17)32(4)5)33(19-9-7-8-15(2)16(19)3)27(37)24-21(28)22(25(29)35)31-39-24/h7-13,23H,6,14,28H2,1-5H3,(H2,29,35)(H,30,36)/t23-/m1/s1. The summed E-state index contributed by atoms with van der Waals surface area (Å²) in [5, 5.41) is 2.60. The number of hydrogen-bond acceptors (Lipinski definition) is 9. The quantitative estimate of drug-likeness (QED) is 0.323. The third-order valence-corrected chi connectivity index (χ3v) is 7.00. The number of hydrogen-bond donors (Lipinski definition) is 3. The number of nitrogen functional groups attached to an aromatic ring is 1. The van der Waals surface area contributed by atoms with E-state index in [1.54, 1.807) is 31.2 Å². The van der Waals surface area contributed by atoms with Gasteiger partial charge in [0.05, 0.1) is 12.3 Å². The number of esters is 1. The van der Waals surface area contributed by atoms with Gasteiger partial charge in [0.2, 0.25) is 5.91 Å². The van der Waals surface area contributed by atoms with Crippen LogP contribution in [-0.4, -0.2) is 55.3 Å². The number of nitrogens with two attached hydrogens (primary N) is 2. The van der Waals surface area contributed by atoms with Crippen LogP contribution < -0.4 is 26.6 Å². The Morgan fingerprint density at radius 1 is 1.08 bits per heavy atom. The molecule has 1 heterocycles. The zero-order valence-electron chi connectivity index (χ0n) is 22.5. The lowest BCUT2D eigenvalue weighted by Gasteiger charge is -2.33. The highest BCUT2D eigenvalue weighted by Gasteiger charge is 2.37. The molecule has 3 amide bonds. The van der Waals surface area contributed by atoms with E-state index in [0.29, 0.717) is 11.3 Å². The molecule has 2 aromatic carbocycles. The number of benzene rings is 2. The van der Waals surface area contributed by atoms with E-state index in [0.717, 1.165) is 28.3 Å². The topological polar surface area (TPSA) is 161 Å². The molecule has 0 bridgehead atoms. The summed E-state index contributed by atoms with van der Waals surface area (Å²) in [7, 11) is 3.76. The minimum atomic E-state index is -1.22. The normalized spacial score (nSPS) is 11.4. The van der Waals surface area contributed by atoms with Crippen LogP contribution in [0.15, 0.2) is 42.5 Å². The highest BCUT2D eigenvalue weighted by Crippen LogP contribution is 2.36. The summed E-state index contributed by atoms with van der Waals surface area (Å²) in [6, 6.07) is 11.3. The van der Waals surface area contributed by atoms with Gasteiger partial charge in [0.15, 0.2) is 5.69 Å². The van der Waals surface area contributed by atoms with E-state index < -0.39 is 29.7 Å². The monoisotopic (exact) mass is 552 g/mol. The summed E-state index contributed by atoms with van der Waals surface area (Å²) < 4.78 is 8.92. The molecule has 0 unspecified atom stereocenters. The van der Waals surface area contributed by atoms with Crippen LogP contribution in [0, 0.1) is 13.8 Å². The third-order valence-electron chi connectivity index (χ3n) is 6.15. The fourth-order valence-corrected chi connectivity index (χ4v) is 4.68. The molecule has 1 aromatic heterocycles. The van der Waals surface area contributed by atoms with E-state index >= 15 is 0 Å². The average Bonchev–Trinajstić information content (AvgIpc) is 3.29. The van der Waals surface area contributed by atoms with E-state index in [9.17, 15) is 19.2 Å². The molecule has 0 fully saturated rings. The molecule has 5 N–H and O–H groups in total. The summed E-state index contributed by atoms with van der Waals surface area (Å²) in [5.74, 6) is -2.76. The van der Waals surface area contributed by atoms with E-state index in [1.807, 2.05) is 51.0 Å². The Morgan fingerprint density at radius 3 is 2.31 bits per heavy atom. The Morgan fingerprint density at radius 2 is 1.74 bits per heavy atom. The number of amides is 3. The number of primary amides is 1. The Labute approximate surface area is 230 Å². The van der Waals surface area contributed by atoms with E-state index in [-0.39, 0.29) is 29.4 Å². The lowest BCUT2D eigenvalue weighted by Crippen LogP contribution is -2.45. The molecule has 0 saturated carbocycles. The fraction of sp³-hybridized carbons (Fsp3) is 0.296. The van der Waals surface area contributed by atoms with Crippen molar-refractivity contribution in [3.63, 3.8) is 0 Å². The summed E-state index contributed by atoms with van der Waals surface area (Å²) >= 11 is 0.722. The predicted molar refractivity (Wildman–Crippen MR) is 151 cm³/mol. The highest BCUT2D eigenvalue weighted by atomic mass is 32.1. The molecule has 0 spiro atoms. The van der Waals surface area contributed by atoms with Crippen LogP contribution >= 0.6 is 11.5 Å². The molecule has 11 nitrogen and oxygen atoms in total. The molecule has 1 atom stereocenters. The summed E-state index contributed by atoms with van der Waals surface area (Å²) in [4.78, 5) is 55.0. The van der Waals surface area contributed by atoms with Gasteiger partial charge in [-0.1, -0.05) is 24.3 Å². The van der Waals surface area contributed by atoms with Crippen LogP contribution in [0.4, 0.5) is 17.1 Å². The number of rotatable bonds is 10. The zero-order valence-corrected chi connectivity index (χ0v) is 23.3. The first-order chi connectivity index (χ1) is 18.5. The maximum atomic E-state index is 14.2. The number of carbonyl (C=O) groups is 4. The minimum absolute atomic E-state index is 0.0437. The third kappa shape index (κ3) is 6.34. The number of aryl methyl sites for hydroxylation is 1. The Hall–Kier alpha value is -4.45. The Bertz CT molecular complexity index is 1390. The van der Waals surface area contributed by atoms with Crippen LogP contribution in [-0.2, 0) is 14.3 Å². The number of ether oxygens (including phenoxy) is 1. The van der Waals surface area contributed by atoms with Crippen molar-refractivity contribution in [1.29, 1.82) is 0 Å². The first-order valence-electron chi connectivity index (χ1n) is 12.1. The molecular formula is C27H32N6O5S. The second-order valence-corrected chi connectivity index (χ2v) is 9.72. The lowest BCUT2D eigenvalue weighted by atomic mass is 9.99. The molecular weight excluding hydrogens is 520 g/mol. The highest BCUT2D eigenvalue weighted by molar-refractivity contribution is 7.09. The number of nitrogens with one attached hydrogen (secondary N) is 1. The first-order valence-corrected chi connectivity index (χ1v) is 12.9. The molecule has 0 aliphatic heterocycles. The number of carbonyl (C=O) groups excluding carboxylic acids is 4. The number of anilines is 3. The van der Waals surface area contributed by atoms with Crippen LogP contribution in [0.3, 0.4) is 0 Å². The largest absolute Gasteiger partial charge is 0.465 e. The second kappa shape index (κ2) is 12.4. The van der Waals surface area contributed by atoms with Gasteiger partial charge in [-0.25, -0.2) is 0 Å². The fourth-order valence-electron chi connectivity index (χ4n) is 3.94. The van der Waals surface area contributed by atoms with Gasteiger partial charge in [-0.2, -0.15) is 4.37 Å². The molecule has 0 radical (unpaired) electrons. The van der Waals surface area contributed by atoms with Gasteiger partial charge in [-0.3, -0.25) is 24.1 Å². The molecule has 3 aromatic rings. The molecule has 206 valence electrons. The summed E-state index contributed by atoms with van der Waals surface area (Å²) in [5.41, 5.74) is 14.6. The van der Waals surface area contributed by atoms with Crippen molar-refractivity contribution in [3.05, 3.63) is 69.7 Å². The Balaban J connectivity index is 2.22. The van der Waals surface area contributed by atoms with E-state index in [2.05, 4.69) is 9.69 Å². The van der Waals surface area contributed by atoms with Crippen LogP contribution in [0.5, 0.6) is 0 Å². The second-order valence-electron chi connectivity index (χ2n) is 8.94. The van der Waals surface area contributed by atoms with Gasteiger partial charge < -0.3 is 26.4 Å². The van der Waals surface area contributed by atoms with Crippen molar-refractivity contribution in [3.8, 4) is 0 Å². The minimum Gasteiger partial charge on any atom is -0.465 e. The van der Waals surface area contributed by atoms with Crippen molar-refractivity contribution >= 4 is 52.3 Å². The van der Waals surface area contributed by atoms with Crippen LogP contribution in [0.1, 0.15) is 49.8 Å². The van der Waals surface area contributed by atoms with Crippen LogP contribution in [0.25, 0.3) is 0 Å². The van der Waals surface area contributed by atoms with Crippen LogP contribution in [0.2, 0.25) is 0 Å². The molecule has 3 rings (SSSR count). The van der Waals surface area contributed by atoms with Gasteiger partial charge in [-0.05, 0) is 67.2 Å². The number of aromatic nitrogens is 1. The smallest absolute Gasteiger partial charge is 0.325 e. The predicted octanol–water partition coefficient (Wildman–Crippen LogP) is 2.57. The van der Waals surface area contributed by atoms with Gasteiger partial charge in [0, 0.05) is 25.5 Å². The van der Waals surface area contributed by atoms with E-state index in [1.165, 1.54) is 4.90 Å². The maximum absolute atomic E-state index is 14.2. The van der Waals surface area contributed by atoms with Gasteiger partial charge in [0.25, 0.3) is 11.8 Å². The van der Waals surface area contributed by atoms with Gasteiger partial charge >= 0.3 is 5.97 Å². The first kappa shape index (κ1) is 29.1. The average molecular weight is 553 g/mol. The van der Waals surface area contributed by atoms with Crippen molar-refractivity contribution < 1.29 is 23.9 Å². The van der Waals surface area contributed by atoms with E-state index in [4.69, 9.17) is 16.2 Å². The Kier molecular flexibility index (Phi) is 9.25. The molecule has 12 heteroatoms. The van der Waals surface area contributed by atoms with Gasteiger partial charge in [-0.15, -0.1) is 0 Å². The SMILES string of the molecule is CCOC(=O)CNC(=O)[C@@H](c1ccc(N(C)C)cc1)N(C(=O)c1snc(C(N)=O)c1N)c1cccc(C)c1C. The lowest BCUT2D eigenvalue weighted by molar-refractivity contribution is -0.143. The summed E-state index contributed by atoms with van der Waals surface area (Å²) in [6.07, 6.45) is 0. The molecule has 0 aliphatic carbocycles. The number of nitrogens with zero attached hydrogens (tertiary/aromatic N) is 3. The molecule has 0 saturated heterocycles. The van der Waals surface area contributed by atoms with Crippen molar-refractivity contribution in [1.82, 2.24) is 9.69 Å². The molecule has 39 heavy (non-hydrogen) atoms. The molecule has 0 aliphatic rings. The van der Waals surface area contributed by atoms with Crippen molar-refractivity contribution in [2.75, 3.05) is 42.8 Å². The zero-order chi connectivity index (χ0) is 28.9.